The van der Waals surface area contributed by atoms with E-state index in [0.29, 0.717) is 18.7 Å². The molecule has 2 aromatic rings. The largest absolute Gasteiger partial charge is 0.469 e. The Bertz CT molecular complexity index is 443. The molecule has 0 aromatic carbocycles. The summed E-state index contributed by atoms with van der Waals surface area (Å²) in [4.78, 5) is 15.7. The third kappa shape index (κ3) is 2.15. The predicted octanol–water partition coefficient (Wildman–Crippen LogP) is 1.83. The van der Waals surface area contributed by atoms with Crippen LogP contribution >= 0.6 is 0 Å². The number of carbonyl (C=O) groups excluding carboxylic acids is 1. The average molecular weight is 204 g/mol. The first-order valence-corrected chi connectivity index (χ1v) is 4.80. The average Bonchev–Trinajstić information content (AvgIpc) is 2.84. The van der Waals surface area contributed by atoms with E-state index in [1.165, 1.54) is 0 Å². The van der Waals surface area contributed by atoms with Crippen LogP contribution in [-0.2, 0) is 13.5 Å². The summed E-state index contributed by atoms with van der Waals surface area (Å²) in [6.07, 6.45) is 6.05. The Morgan fingerprint density at radius 2 is 2.47 bits per heavy atom. The van der Waals surface area contributed by atoms with Crippen LogP contribution < -0.4 is 0 Å². The van der Waals surface area contributed by atoms with Crippen molar-refractivity contribution < 1.29 is 9.21 Å². The van der Waals surface area contributed by atoms with Crippen LogP contribution in [0.3, 0.4) is 0 Å². The first kappa shape index (κ1) is 9.71. The molecule has 0 amide bonds. The molecule has 2 aromatic heterocycles. The summed E-state index contributed by atoms with van der Waals surface area (Å²) in [5.41, 5.74) is 0. The summed E-state index contributed by atoms with van der Waals surface area (Å²) >= 11 is 0. The van der Waals surface area contributed by atoms with Crippen molar-refractivity contribution in [1.82, 2.24) is 9.55 Å². The van der Waals surface area contributed by atoms with E-state index in [4.69, 9.17) is 4.42 Å². The number of furan rings is 1. The highest BCUT2D eigenvalue weighted by Crippen LogP contribution is 2.07. The van der Waals surface area contributed by atoms with Crippen LogP contribution in [0.15, 0.2) is 35.2 Å². The molecule has 0 bridgehead atoms. The number of nitrogens with zero attached hydrogens (tertiary/aromatic N) is 2. The van der Waals surface area contributed by atoms with Crippen molar-refractivity contribution in [1.29, 1.82) is 0 Å². The Morgan fingerprint density at radius 3 is 3.07 bits per heavy atom. The Hall–Kier alpha value is -1.84. The van der Waals surface area contributed by atoms with Crippen molar-refractivity contribution in [3.8, 4) is 0 Å². The summed E-state index contributed by atoms with van der Waals surface area (Å²) < 4.78 is 6.88. The second-order valence-electron chi connectivity index (χ2n) is 3.36. The first-order valence-electron chi connectivity index (χ1n) is 4.80. The zero-order chi connectivity index (χ0) is 10.7. The van der Waals surface area contributed by atoms with E-state index in [0.717, 1.165) is 5.76 Å². The van der Waals surface area contributed by atoms with Gasteiger partial charge in [0, 0.05) is 32.3 Å². The maximum absolute atomic E-state index is 11.7. The molecule has 0 spiro atoms. The third-order valence-electron chi connectivity index (χ3n) is 2.25. The SMILES string of the molecule is Cn1ccnc1C(=O)CCc1ccco1. The van der Waals surface area contributed by atoms with Gasteiger partial charge in [0.2, 0.25) is 0 Å². The van der Waals surface area contributed by atoms with Gasteiger partial charge in [-0.2, -0.15) is 0 Å². The topological polar surface area (TPSA) is 48.0 Å². The van der Waals surface area contributed by atoms with E-state index >= 15 is 0 Å². The number of aryl methyl sites for hydroxylation is 2. The second-order valence-corrected chi connectivity index (χ2v) is 3.36. The van der Waals surface area contributed by atoms with Gasteiger partial charge < -0.3 is 8.98 Å². The molecule has 0 aliphatic rings. The molecule has 0 radical (unpaired) electrons. The van der Waals surface area contributed by atoms with Crippen molar-refractivity contribution in [3.63, 3.8) is 0 Å². The molecule has 0 saturated carbocycles. The number of ketones is 1. The highest BCUT2D eigenvalue weighted by atomic mass is 16.3. The van der Waals surface area contributed by atoms with Crippen LogP contribution in [-0.4, -0.2) is 15.3 Å². The smallest absolute Gasteiger partial charge is 0.198 e. The van der Waals surface area contributed by atoms with E-state index in [1.54, 1.807) is 23.2 Å². The molecule has 0 fully saturated rings. The zero-order valence-corrected chi connectivity index (χ0v) is 8.51. The number of carbonyl (C=O) groups is 1. The number of hydrogen-bond acceptors (Lipinski definition) is 3. The van der Waals surface area contributed by atoms with Crippen molar-refractivity contribution in [2.45, 2.75) is 12.8 Å². The summed E-state index contributed by atoms with van der Waals surface area (Å²) in [6, 6.07) is 3.69. The van der Waals surface area contributed by atoms with Crippen LogP contribution in [0, 0.1) is 0 Å². The molecular formula is C11H12N2O2. The fraction of sp³-hybridized carbons (Fsp3) is 0.273. The molecule has 2 rings (SSSR count). The fourth-order valence-corrected chi connectivity index (χ4v) is 1.44. The van der Waals surface area contributed by atoms with Gasteiger partial charge in [0.15, 0.2) is 11.6 Å². The van der Waals surface area contributed by atoms with E-state index in [-0.39, 0.29) is 5.78 Å². The Balaban J connectivity index is 1.96. The molecule has 2 heterocycles. The summed E-state index contributed by atoms with van der Waals surface area (Å²) in [7, 11) is 1.81. The van der Waals surface area contributed by atoms with Crippen LogP contribution in [0.2, 0.25) is 0 Å². The van der Waals surface area contributed by atoms with Gasteiger partial charge in [-0.1, -0.05) is 0 Å². The lowest BCUT2D eigenvalue weighted by Gasteiger charge is -1.99. The molecule has 0 aliphatic heterocycles. The van der Waals surface area contributed by atoms with Gasteiger partial charge in [-0.15, -0.1) is 0 Å². The van der Waals surface area contributed by atoms with Gasteiger partial charge >= 0.3 is 0 Å². The normalized spacial score (nSPS) is 10.5. The number of hydrogen-bond donors (Lipinski definition) is 0. The van der Waals surface area contributed by atoms with Crippen LogP contribution in [0.25, 0.3) is 0 Å². The lowest BCUT2D eigenvalue weighted by atomic mass is 10.2. The quantitative estimate of drug-likeness (QED) is 0.714. The Kier molecular flexibility index (Phi) is 2.67. The highest BCUT2D eigenvalue weighted by molar-refractivity contribution is 5.92. The molecular weight excluding hydrogens is 192 g/mol. The second kappa shape index (κ2) is 4.13. The lowest BCUT2D eigenvalue weighted by molar-refractivity contribution is 0.0968. The monoisotopic (exact) mass is 204 g/mol. The molecule has 15 heavy (non-hydrogen) atoms. The molecule has 4 nitrogen and oxygen atoms in total. The number of Topliss-reactive ketones (excluding diaryl/α,β-unsaturated/α-hetero) is 1. The van der Waals surface area contributed by atoms with Crippen molar-refractivity contribution >= 4 is 5.78 Å². The minimum Gasteiger partial charge on any atom is -0.469 e. The summed E-state index contributed by atoms with van der Waals surface area (Å²) in [5, 5.41) is 0. The number of rotatable bonds is 4. The Morgan fingerprint density at radius 1 is 1.60 bits per heavy atom. The minimum absolute atomic E-state index is 0.0406. The van der Waals surface area contributed by atoms with Crippen LogP contribution in [0.5, 0.6) is 0 Å². The van der Waals surface area contributed by atoms with E-state index in [9.17, 15) is 4.79 Å². The molecule has 0 aliphatic carbocycles. The summed E-state index contributed by atoms with van der Waals surface area (Å²) in [6.45, 7) is 0. The minimum atomic E-state index is 0.0406. The lowest BCUT2D eigenvalue weighted by Crippen LogP contribution is -2.08. The maximum atomic E-state index is 11.7. The van der Waals surface area contributed by atoms with Gasteiger partial charge in [-0.05, 0) is 12.1 Å². The van der Waals surface area contributed by atoms with Crippen molar-refractivity contribution in [2.75, 3.05) is 0 Å². The van der Waals surface area contributed by atoms with Gasteiger partial charge in [0.05, 0.1) is 6.26 Å². The van der Waals surface area contributed by atoms with Gasteiger partial charge in [-0.25, -0.2) is 4.98 Å². The van der Waals surface area contributed by atoms with E-state index in [1.807, 2.05) is 19.2 Å². The summed E-state index contributed by atoms with van der Waals surface area (Å²) in [5.74, 6) is 1.37. The molecule has 0 atom stereocenters. The molecule has 0 N–H and O–H groups in total. The van der Waals surface area contributed by atoms with Gasteiger partial charge in [0.25, 0.3) is 0 Å². The van der Waals surface area contributed by atoms with Crippen molar-refractivity contribution in [2.24, 2.45) is 7.05 Å². The van der Waals surface area contributed by atoms with Gasteiger partial charge in [-0.3, -0.25) is 4.79 Å². The predicted molar refractivity (Wildman–Crippen MR) is 54.6 cm³/mol. The van der Waals surface area contributed by atoms with Crippen LogP contribution in [0.1, 0.15) is 22.8 Å². The Labute approximate surface area is 87.5 Å². The molecule has 4 heteroatoms. The van der Waals surface area contributed by atoms with E-state index < -0.39 is 0 Å². The maximum Gasteiger partial charge on any atom is 0.198 e. The number of aromatic nitrogens is 2. The van der Waals surface area contributed by atoms with E-state index in [2.05, 4.69) is 4.98 Å². The standard InChI is InChI=1S/C11H12N2O2/c1-13-7-6-12-11(13)10(14)5-4-9-3-2-8-15-9/h2-3,6-8H,4-5H2,1H3. The fourth-order valence-electron chi connectivity index (χ4n) is 1.44. The molecule has 0 saturated heterocycles. The molecule has 78 valence electrons. The molecule has 0 unspecified atom stereocenters. The zero-order valence-electron chi connectivity index (χ0n) is 8.51. The van der Waals surface area contributed by atoms with Gasteiger partial charge in [0.1, 0.15) is 5.76 Å². The van der Waals surface area contributed by atoms with Crippen molar-refractivity contribution in [3.05, 3.63) is 42.4 Å². The number of imidazole rings is 1. The highest BCUT2D eigenvalue weighted by Gasteiger charge is 2.11. The van der Waals surface area contributed by atoms with Crippen LogP contribution in [0.4, 0.5) is 0 Å². The third-order valence-corrected chi connectivity index (χ3v) is 2.25. The first-order chi connectivity index (χ1) is 7.27.